The highest BCUT2D eigenvalue weighted by atomic mass is 32.1. The van der Waals surface area contributed by atoms with E-state index in [4.69, 9.17) is 0 Å². The summed E-state index contributed by atoms with van der Waals surface area (Å²) in [5.74, 6) is -0.281. The molecule has 0 saturated carbocycles. The first-order valence-electron chi connectivity index (χ1n) is 11.5. The zero-order valence-electron chi connectivity index (χ0n) is 19.0. The summed E-state index contributed by atoms with van der Waals surface area (Å²) < 4.78 is 13.0. The van der Waals surface area contributed by atoms with Crippen molar-refractivity contribution < 1.29 is 18.8 Å². The number of hydrogen-bond donors (Lipinski definition) is 2. The molecule has 0 radical (unpaired) electrons. The van der Waals surface area contributed by atoms with Crippen molar-refractivity contribution in [3.05, 3.63) is 41.2 Å². The lowest BCUT2D eigenvalue weighted by molar-refractivity contribution is -0.127. The van der Waals surface area contributed by atoms with E-state index in [1.807, 2.05) is 9.80 Å². The Morgan fingerprint density at radius 3 is 2.56 bits per heavy atom. The molecule has 2 aliphatic rings. The highest BCUT2D eigenvalue weighted by molar-refractivity contribution is 7.14. The van der Waals surface area contributed by atoms with Gasteiger partial charge in [0.1, 0.15) is 11.5 Å². The van der Waals surface area contributed by atoms with E-state index in [1.165, 1.54) is 23.5 Å². The molecule has 4 rings (SSSR count). The molecule has 2 aromatic rings. The Morgan fingerprint density at radius 2 is 1.85 bits per heavy atom. The van der Waals surface area contributed by atoms with Crippen LogP contribution < -0.4 is 10.6 Å². The smallest absolute Gasteiger partial charge is 0.273 e. The summed E-state index contributed by atoms with van der Waals surface area (Å²) in [6.45, 7) is 4.66. The van der Waals surface area contributed by atoms with Crippen LogP contribution in [0.2, 0.25) is 0 Å². The lowest BCUT2D eigenvalue weighted by Gasteiger charge is -2.34. The van der Waals surface area contributed by atoms with Crippen LogP contribution in [0.5, 0.6) is 0 Å². The van der Waals surface area contributed by atoms with Gasteiger partial charge in [0.15, 0.2) is 5.13 Å². The molecule has 0 unspecified atom stereocenters. The number of benzene rings is 1. The maximum absolute atomic E-state index is 13.0. The summed E-state index contributed by atoms with van der Waals surface area (Å²) in [7, 11) is 0. The molecule has 9 nitrogen and oxygen atoms in total. The van der Waals surface area contributed by atoms with E-state index < -0.39 is 0 Å². The second kappa shape index (κ2) is 11.4. The maximum atomic E-state index is 13.0. The number of aromatic nitrogens is 1. The second-order valence-electron chi connectivity index (χ2n) is 8.43. The standard InChI is InChI=1S/C23H29FN6O3S/c24-17-4-6-18(7-5-17)26-23-27-19(16-34-23)22(33)30-13-11-28(12-14-30)15-20(31)25-8-2-10-29-9-1-3-21(29)32/h4-7,16H,1-3,8-15H2,(H,25,31)(H,26,27). The lowest BCUT2D eigenvalue weighted by Crippen LogP contribution is -2.51. The summed E-state index contributed by atoms with van der Waals surface area (Å²) in [5, 5.41) is 8.27. The molecule has 0 bridgehead atoms. The van der Waals surface area contributed by atoms with Gasteiger partial charge in [-0.05, 0) is 37.1 Å². The van der Waals surface area contributed by atoms with E-state index in [0.717, 1.165) is 19.4 Å². The minimum absolute atomic E-state index is 0.0384. The highest BCUT2D eigenvalue weighted by Gasteiger charge is 2.25. The van der Waals surface area contributed by atoms with Crippen LogP contribution in [0, 0.1) is 5.82 Å². The Morgan fingerprint density at radius 1 is 1.09 bits per heavy atom. The number of amides is 3. The minimum atomic E-state index is -0.313. The van der Waals surface area contributed by atoms with E-state index in [9.17, 15) is 18.8 Å². The van der Waals surface area contributed by atoms with Gasteiger partial charge in [0.05, 0.1) is 6.54 Å². The Bertz CT molecular complexity index is 1010. The summed E-state index contributed by atoms with van der Waals surface area (Å²) in [6, 6.07) is 5.95. The first kappa shape index (κ1) is 24.1. The van der Waals surface area contributed by atoms with Crippen LogP contribution in [-0.4, -0.2) is 89.8 Å². The van der Waals surface area contributed by atoms with Crippen LogP contribution in [0.1, 0.15) is 29.8 Å². The number of likely N-dealkylation sites (tertiary alicyclic amines) is 1. The molecule has 2 N–H and O–H groups in total. The van der Waals surface area contributed by atoms with Crippen molar-refractivity contribution in [2.45, 2.75) is 19.3 Å². The van der Waals surface area contributed by atoms with Gasteiger partial charge in [-0.1, -0.05) is 0 Å². The number of carbonyl (C=O) groups is 3. The van der Waals surface area contributed by atoms with E-state index in [1.54, 1.807) is 22.4 Å². The minimum Gasteiger partial charge on any atom is -0.355 e. The largest absolute Gasteiger partial charge is 0.355 e. The molecule has 0 spiro atoms. The second-order valence-corrected chi connectivity index (χ2v) is 9.28. The number of rotatable bonds is 9. The van der Waals surface area contributed by atoms with Gasteiger partial charge in [-0.2, -0.15) is 0 Å². The fourth-order valence-electron chi connectivity index (χ4n) is 4.05. The molecule has 3 amide bonds. The van der Waals surface area contributed by atoms with Crippen molar-refractivity contribution >= 4 is 39.9 Å². The number of carbonyl (C=O) groups excluding carboxylic acids is 3. The van der Waals surface area contributed by atoms with Crippen molar-refractivity contribution in [2.24, 2.45) is 0 Å². The molecule has 2 aliphatic heterocycles. The maximum Gasteiger partial charge on any atom is 0.273 e. The fraction of sp³-hybridized carbons (Fsp3) is 0.478. The first-order valence-corrected chi connectivity index (χ1v) is 12.4. The number of halogens is 1. The quantitative estimate of drug-likeness (QED) is 0.524. The third kappa shape index (κ3) is 6.51. The van der Waals surface area contributed by atoms with E-state index >= 15 is 0 Å². The highest BCUT2D eigenvalue weighted by Crippen LogP contribution is 2.22. The van der Waals surface area contributed by atoms with Gasteiger partial charge in [-0.15, -0.1) is 11.3 Å². The summed E-state index contributed by atoms with van der Waals surface area (Å²) in [5.41, 5.74) is 1.07. The lowest BCUT2D eigenvalue weighted by atomic mass is 10.3. The van der Waals surface area contributed by atoms with Crippen LogP contribution >= 0.6 is 11.3 Å². The third-order valence-corrected chi connectivity index (χ3v) is 6.70. The number of piperazine rings is 1. The van der Waals surface area contributed by atoms with Gasteiger partial charge in [0, 0.05) is 63.3 Å². The predicted octanol–water partition coefficient (Wildman–Crippen LogP) is 1.91. The number of hydrogen-bond acceptors (Lipinski definition) is 7. The van der Waals surface area contributed by atoms with Gasteiger partial charge in [0.2, 0.25) is 11.8 Å². The average molecular weight is 489 g/mol. The molecule has 0 aliphatic carbocycles. The molecular weight excluding hydrogens is 459 g/mol. The number of anilines is 2. The van der Waals surface area contributed by atoms with Crippen molar-refractivity contribution in [3.8, 4) is 0 Å². The van der Waals surface area contributed by atoms with Gasteiger partial charge in [0.25, 0.3) is 5.91 Å². The molecule has 182 valence electrons. The van der Waals surface area contributed by atoms with Gasteiger partial charge >= 0.3 is 0 Å². The molecule has 1 aromatic carbocycles. The number of nitrogens with zero attached hydrogens (tertiary/aromatic N) is 4. The van der Waals surface area contributed by atoms with Crippen LogP contribution in [0.3, 0.4) is 0 Å². The van der Waals surface area contributed by atoms with E-state index in [2.05, 4.69) is 15.6 Å². The first-order chi connectivity index (χ1) is 16.5. The van der Waals surface area contributed by atoms with Crippen LogP contribution in [0.25, 0.3) is 0 Å². The van der Waals surface area contributed by atoms with E-state index in [-0.39, 0.29) is 23.5 Å². The van der Waals surface area contributed by atoms with Crippen LogP contribution in [-0.2, 0) is 9.59 Å². The monoisotopic (exact) mass is 488 g/mol. The van der Waals surface area contributed by atoms with Crippen molar-refractivity contribution in [1.29, 1.82) is 0 Å². The summed E-state index contributed by atoms with van der Waals surface area (Å²) in [4.78, 5) is 46.6. The van der Waals surface area contributed by atoms with Crippen molar-refractivity contribution in [3.63, 3.8) is 0 Å². The summed E-state index contributed by atoms with van der Waals surface area (Å²) in [6.07, 6.45) is 2.32. The number of thiazole rings is 1. The normalized spacial score (nSPS) is 16.7. The molecule has 2 saturated heterocycles. The Kier molecular flexibility index (Phi) is 8.07. The molecule has 2 fully saturated rings. The van der Waals surface area contributed by atoms with Crippen molar-refractivity contribution in [2.75, 3.05) is 57.7 Å². The molecule has 34 heavy (non-hydrogen) atoms. The van der Waals surface area contributed by atoms with Gasteiger partial charge in [-0.3, -0.25) is 19.3 Å². The average Bonchev–Trinajstić information content (AvgIpc) is 3.47. The van der Waals surface area contributed by atoms with Gasteiger partial charge < -0.3 is 20.4 Å². The predicted molar refractivity (Wildman–Crippen MR) is 128 cm³/mol. The molecule has 11 heteroatoms. The topological polar surface area (TPSA) is 97.9 Å². The SMILES string of the molecule is O=C(CN1CCN(C(=O)c2csc(Nc3ccc(F)cc3)n2)CC1)NCCCN1CCCC1=O. The van der Waals surface area contributed by atoms with E-state index in [0.29, 0.717) is 68.7 Å². The van der Waals surface area contributed by atoms with Gasteiger partial charge in [-0.25, -0.2) is 9.37 Å². The van der Waals surface area contributed by atoms with Crippen LogP contribution in [0.15, 0.2) is 29.6 Å². The zero-order chi connectivity index (χ0) is 23.9. The Labute approximate surface area is 201 Å². The Balaban J connectivity index is 1.15. The Hall–Kier alpha value is -3.05. The fourth-order valence-corrected chi connectivity index (χ4v) is 4.76. The molecule has 3 heterocycles. The summed E-state index contributed by atoms with van der Waals surface area (Å²) >= 11 is 1.32. The molecule has 0 atom stereocenters. The van der Waals surface area contributed by atoms with Crippen molar-refractivity contribution in [1.82, 2.24) is 25.0 Å². The number of nitrogens with one attached hydrogen (secondary N) is 2. The van der Waals surface area contributed by atoms with Crippen LogP contribution in [0.4, 0.5) is 15.2 Å². The molecule has 1 aromatic heterocycles. The third-order valence-electron chi connectivity index (χ3n) is 5.94. The molecular formula is C23H29FN6O3S. The zero-order valence-corrected chi connectivity index (χ0v) is 19.8.